The highest BCUT2D eigenvalue weighted by atomic mass is 32.2. The summed E-state index contributed by atoms with van der Waals surface area (Å²) in [5.41, 5.74) is 3.39. The van der Waals surface area contributed by atoms with Crippen molar-refractivity contribution in [2.45, 2.75) is 0 Å². The summed E-state index contributed by atoms with van der Waals surface area (Å²) in [5, 5.41) is 0. The summed E-state index contributed by atoms with van der Waals surface area (Å²) < 4.78 is 0. The monoisotopic (exact) mass is 389 g/mol. The molecule has 28 heavy (non-hydrogen) atoms. The van der Waals surface area contributed by atoms with Crippen LogP contribution in [0.1, 0.15) is 26.4 Å². The Labute approximate surface area is 167 Å². The van der Waals surface area contributed by atoms with E-state index in [1.165, 1.54) is 6.08 Å². The Morgan fingerprint density at radius 3 is 2.36 bits per heavy atom. The van der Waals surface area contributed by atoms with Gasteiger partial charge in [-0.05, 0) is 36.4 Å². The van der Waals surface area contributed by atoms with Gasteiger partial charge in [0.1, 0.15) is 0 Å². The van der Waals surface area contributed by atoms with Gasteiger partial charge in [0, 0.05) is 35.7 Å². The highest BCUT2D eigenvalue weighted by Crippen LogP contribution is 2.15. The summed E-state index contributed by atoms with van der Waals surface area (Å²) in [6.45, 7) is 1.55. The molecule has 0 unspecified atom stereocenters. The van der Waals surface area contributed by atoms with E-state index in [1.54, 1.807) is 36.5 Å². The average molecular weight is 389 g/mol. The van der Waals surface area contributed by atoms with Crippen molar-refractivity contribution in [1.29, 1.82) is 0 Å². The van der Waals surface area contributed by atoms with Gasteiger partial charge in [-0.3, -0.25) is 14.6 Å². The van der Waals surface area contributed by atoms with Gasteiger partial charge in [0.2, 0.25) is 0 Å². The molecule has 0 bridgehead atoms. The topological polar surface area (TPSA) is 63.2 Å². The number of carbonyl (C=O) groups is 2. The van der Waals surface area contributed by atoms with Gasteiger partial charge >= 0.3 is 0 Å². The Morgan fingerprint density at radius 1 is 0.929 bits per heavy atom. The predicted octanol–water partition coefficient (Wildman–Crippen LogP) is 3.71. The van der Waals surface area contributed by atoms with Gasteiger partial charge in [0.05, 0.1) is 22.9 Å². The highest BCUT2D eigenvalue weighted by molar-refractivity contribution is 7.99. The van der Waals surface area contributed by atoms with Crippen molar-refractivity contribution in [3.8, 4) is 0 Å². The Kier molecular flexibility index (Phi) is 5.48. The zero-order valence-corrected chi connectivity index (χ0v) is 16.1. The number of thioether (sulfide) groups is 1. The SMILES string of the molecule is O=C(/C=C/c1cnc2ccccc2n1)c1ccc(C(=O)N2CCSCC2)cc1. The summed E-state index contributed by atoms with van der Waals surface area (Å²) in [4.78, 5) is 35.6. The summed E-state index contributed by atoms with van der Waals surface area (Å²) in [7, 11) is 0. The first-order valence-corrected chi connectivity index (χ1v) is 10.3. The number of para-hydroxylation sites is 2. The molecule has 0 radical (unpaired) electrons. The van der Waals surface area contributed by atoms with E-state index in [9.17, 15) is 9.59 Å². The molecule has 1 aromatic heterocycles. The predicted molar refractivity (Wildman–Crippen MR) is 113 cm³/mol. The van der Waals surface area contributed by atoms with Crippen molar-refractivity contribution >= 4 is 40.6 Å². The molecule has 0 aliphatic carbocycles. The van der Waals surface area contributed by atoms with Gasteiger partial charge in [0.15, 0.2) is 5.78 Å². The summed E-state index contributed by atoms with van der Waals surface area (Å²) >= 11 is 1.87. The lowest BCUT2D eigenvalue weighted by atomic mass is 10.1. The first-order valence-electron chi connectivity index (χ1n) is 9.12. The number of ketones is 1. The molecule has 0 N–H and O–H groups in total. The zero-order chi connectivity index (χ0) is 19.3. The summed E-state index contributed by atoms with van der Waals surface area (Å²) in [6, 6.07) is 14.4. The van der Waals surface area contributed by atoms with Gasteiger partial charge in [-0.2, -0.15) is 11.8 Å². The van der Waals surface area contributed by atoms with Crippen LogP contribution in [0.15, 0.2) is 60.8 Å². The van der Waals surface area contributed by atoms with Crippen LogP contribution in [0.3, 0.4) is 0 Å². The van der Waals surface area contributed by atoms with Crippen LogP contribution in [0.5, 0.6) is 0 Å². The largest absolute Gasteiger partial charge is 0.337 e. The quantitative estimate of drug-likeness (QED) is 0.503. The number of benzene rings is 2. The van der Waals surface area contributed by atoms with Gasteiger partial charge in [-0.1, -0.05) is 24.3 Å². The second kappa shape index (κ2) is 8.35. The Hall–Kier alpha value is -2.99. The number of hydrogen-bond acceptors (Lipinski definition) is 5. The van der Waals surface area contributed by atoms with E-state index in [-0.39, 0.29) is 11.7 Å². The van der Waals surface area contributed by atoms with Crippen LogP contribution in [-0.4, -0.2) is 51.2 Å². The molecule has 3 aromatic rings. The second-order valence-electron chi connectivity index (χ2n) is 6.46. The molecule has 1 saturated heterocycles. The maximum Gasteiger partial charge on any atom is 0.253 e. The molecule has 6 heteroatoms. The molecular weight excluding hydrogens is 370 g/mol. The van der Waals surface area contributed by atoms with Crippen LogP contribution >= 0.6 is 11.8 Å². The van der Waals surface area contributed by atoms with Crippen molar-refractivity contribution in [2.24, 2.45) is 0 Å². The lowest BCUT2D eigenvalue weighted by Crippen LogP contribution is -2.37. The van der Waals surface area contributed by atoms with Gasteiger partial charge in [0.25, 0.3) is 5.91 Å². The van der Waals surface area contributed by atoms with E-state index < -0.39 is 0 Å². The fraction of sp³-hybridized carbons (Fsp3) is 0.182. The minimum atomic E-state index is -0.136. The van der Waals surface area contributed by atoms with Gasteiger partial charge in [-0.25, -0.2) is 4.98 Å². The first-order chi connectivity index (χ1) is 13.7. The lowest BCUT2D eigenvalue weighted by Gasteiger charge is -2.26. The fourth-order valence-electron chi connectivity index (χ4n) is 3.04. The molecule has 1 aliphatic heterocycles. The maximum atomic E-state index is 12.5. The van der Waals surface area contributed by atoms with E-state index in [4.69, 9.17) is 0 Å². The molecule has 5 nitrogen and oxygen atoms in total. The van der Waals surface area contributed by atoms with Crippen LogP contribution in [0.25, 0.3) is 17.1 Å². The Bertz CT molecular complexity index is 1040. The third-order valence-corrected chi connectivity index (χ3v) is 5.53. The minimum Gasteiger partial charge on any atom is -0.337 e. The molecule has 1 aliphatic rings. The van der Waals surface area contributed by atoms with Crippen LogP contribution < -0.4 is 0 Å². The van der Waals surface area contributed by atoms with Crippen LogP contribution in [0, 0.1) is 0 Å². The highest BCUT2D eigenvalue weighted by Gasteiger charge is 2.18. The van der Waals surface area contributed by atoms with Crippen molar-refractivity contribution in [3.05, 3.63) is 77.6 Å². The van der Waals surface area contributed by atoms with Crippen molar-refractivity contribution in [3.63, 3.8) is 0 Å². The van der Waals surface area contributed by atoms with Crippen molar-refractivity contribution in [1.82, 2.24) is 14.9 Å². The number of hydrogen-bond donors (Lipinski definition) is 0. The second-order valence-corrected chi connectivity index (χ2v) is 7.69. The third-order valence-electron chi connectivity index (χ3n) is 4.59. The average Bonchev–Trinajstić information content (AvgIpc) is 2.77. The molecule has 2 heterocycles. The van der Waals surface area contributed by atoms with Crippen LogP contribution in [0.4, 0.5) is 0 Å². The van der Waals surface area contributed by atoms with E-state index in [0.29, 0.717) is 16.8 Å². The molecule has 0 saturated carbocycles. The Morgan fingerprint density at radius 2 is 1.61 bits per heavy atom. The molecule has 2 aromatic carbocycles. The third kappa shape index (κ3) is 4.12. The van der Waals surface area contributed by atoms with Gasteiger partial charge in [-0.15, -0.1) is 0 Å². The molecular formula is C22H19N3O2S. The van der Waals surface area contributed by atoms with E-state index in [1.807, 2.05) is 40.9 Å². The fourth-order valence-corrected chi connectivity index (χ4v) is 3.94. The molecule has 140 valence electrons. The number of fused-ring (bicyclic) bond motifs is 1. The number of rotatable bonds is 4. The maximum absolute atomic E-state index is 12.5. The Balaban J connectivity index is 1.45. The number of aromatic nitrogens is 2. The number of amides is 1. The first kappa shape index (κ1) is 18.4. The zero-order valence-electron chi connectivity index (χ0n) is 15.2. The van der Waals surface area contributed by atoms with E-state index >= 15 is 0 Å². The summed E-state index contributed by atoms with van der Waals surface area (Å²) in [5.74, 6) is 1.85. The van der Waals surface area contributed by atoms with Gasteiger partial charge < -0.3 is 4.90 Å². The van der Waals surface area contributed by atoms with E-state index in [0.717, 1.165) is 35.6 Å². The summed E-state index contributed by atoms with van der Waals surface area (Å²) in [6.07, 6.45) is 4.79. The molecule has 4 rings (SSSR count). The standard InChI is InChI=1S/C22H19N3O2S/c26-21(10-9-18-15-23-19-3-1-2-4-20(19)24-18)16-5-7-17(8-6-16)22(27)25-11-13-28-14-12-25/h1-10,15H,11-14H2/b10-9+. The number of allylic oxidation sites excluding steroid dienone is 1. The number of nitrogens with zero attached hydrogens (tertiary/aromatic N) is 3. The van der Waals surface area contributed by atoms with Crippen molar-refractivity contribution < 1.29 is 9.59 Å². The van der Waals surface area contributed by atoms with Crippen molar-refractivity contribution in [2.75, 3.05) is 24.6 Å². The molecule has 1 amide bonds. The van der Waals surface area contributed by atoms with Crippen LogP contribution in [-0.2, 0) is 0 Å². The smallest absolute Gasteiger partial charge is 0.253 e. The number of carbonyl (C=O) groups excluding carboxylic acids is 2. The molecule has 0 spiro atoms. The normalized spacial score (nSPS) is 14.5. The lowest BCUT2D eigenvalue weighted by molar-refractivity contribution is 0.0772. The van der Waals surface area contributed by atoms with E-state index in [2.05, 4.69) is 9.97 Å². The molecule has 1 fully saturated rings. The van der Waals surface area contributed by atoms with Crippen LogP contribution in [0.2, 0.25) is 0 Å². The minimum absolute atomic E-state index is 0.0290. The molecule has 0 atom stereocenters.